The molecule has 0 saturated carbocycles. The summed E-state index contributed by atoms with van der Waals surface area (Å²) in [5.41, 5.74) is 0. The Hall–Kier alpha value is -2.37. The molecule has 6 nitrogen and oxygen atoms in total. The summed E-state index contributed by atoms with van der Waals surface area (Å²) in [5.74, 6) is -0.903. The lowest BCUT2D eigenvalue weighted by Gasteiger charge is -2.18. The maximum Gasteiger partial charge on any atom is 0.306 e. The van der Waals surface area contributed by atoms with Crippen LogP contribution in [0.2, 0.25) is 0 Å². The minimum absolute atomic E-state index is 0.0789. The van der Waals surface area contributed by atoms with Gasteiger partial charge in [-0.1, -0.05) is 179 Å². The zero-order valence-electron chi connectivity index (χ0n) is 35.7. The van der Waals surface area contributed by atoms with Crippen molar-refractivity contribution in [3.8, 4) is 0 Å². The summed E-state index contributed by atoms with van der Waals surface area (Å²) in [4.78, 5) is 37.7. The van der Waals surface area contributed by atoms with E-state index in [4.69, 9.17) is 14.2 Å². The fourth-order valence-electron chi connectivity index (χ4n) is 6.36. The number of rotatable bonds is 41. The van der Waals surface area contributed by atoms with Crippen molar-refractivity contribution in [3.05, 3.63) is 36.5 Å². The third-order valence-corrected chi connectivity index (χ3v) is 9.85. The number of ether oxygens (including phenoxy) is 3. The minimum atomic E-state index is -0.776. The first-order chi connectivity index (χ1) is 26.5. The van der Waals surface area contributed by atoms with Gasteiger partial charge in [0.2, 0.25) is 0 Å². The third kappa shape index (κ3) is 40.8. The zero-order chi connectivity index (χ0) is 39.4. The summed E-state index contributed by atoms with van der Waals surface area (Å²) < 4.78 is 16.7. The van der Waals surface area contributed by atoms with E-state index in [0.717, 1.165) is 96.3 Å². The quantitative estimate of drug-likeness (QED) is 0.0267. The zero-order valence-corrected chi connectivity index (χ0v) is 35.7. The Balaban J connectivity index is 4.38. The first-order valence-electron chi connectivity index (χ1n) is 23.0. The van der Waals surface area contributed by atoms with Gasteiger partial charge in [0.15, 0.2) is 6.10 Å². The predicted molar refractivity (Wildman–Crippen MR) is 229 cm³/mol. The third-order valence-electron chi connectivity index (χ3n) is 9.85. The number of unbranched alkanes of at least 4 members (excludes halogenated alkanes) is 24. The first-order valence-corrected chi connectivity index (χ1v) is 23.0. The van der Waals surface area contributed by atoms with E-state index in [0.29, 0.717) is 19.3 Å². The molecule has 0 aliphatic rings. The van der Waals surface area contributed by atoms with E-state index in [1.165, 1.54) is 96.3 Å². The van der Waals surface area contributed by atoms with Gasteiger partial charge in [-0.25, -0.2) is 0 Å². The van der Waals surface area contributed by atoms with Crippen LogP contribution < -0.4 is 0 Å². The van der Waals surface area contributed by atoms with Gasteiger partial charge in [0.05, 0.1) is 0 Å². The van der Waals surface area contributed by atoms with Crippen LogP contribution in [0.5, 0.6) is 0 Å². The Bertz CT molecular complexity index is 922. The van der Waals surface area contributed by atoms with Gasteiger partial charge >= 0.3 is 17.9 Å². The summed E-state index contributed by atoms with van der Waals surface area (Å²) in [5, 5.41) is 0. The highest BCUT2D eigenvalue weighted by atomic mass is 16.6. The van der Waals surface area contributed by atoms with Gasteiger partial charge in [-0.05, 0) is 70.6 Å². The molecule has 54 heavy (non-hydrogen) atoms. The van der Waals surface area contributed by atoms with Gasteiger partial charge in [-0.3, -0.25) is 14.4 Å². The molecule has 0 aliphatic carbocycles. The van der Waals surface area contributed by atoms with Crippen molar-refractivity contribution >= 4 is 17.9 Å². The molecule has 1 unspecified atom stereocenters. The first kappa shape index (κ1) is 51.6. The Kier molecular flexibility index (Phi) is 41.5. The van der Waals surface area contributed by atoms with Gasteiger partial charge in [0.25, 0.3) is 0 Å². The van der Waals surface area contributed by atoms with Crippen LogP contribution in [0.15, 0.2) is 36.5 Å². The van der Waals surface area contributed by atoms with E-state index in [1.807, 2.05) is 0 Å². The summed E-state index contributed by atoms with van der Waals surface area (Å²) in [6.07, 6.45) is 48.4. The molecule has 0 aliphatic heterocycles. The largest absolute Gasteiger partial charge is 0.462 e. The molecule has 6 heteroatoms. The molecule has 0 rings (SSSR count). The van der Waals surface area contributed by atoms with Gasteiger partial charge in [-0.2, -0.15) is 0 Å². The fourth-order valence-corrected chi connectivity index (χ4v) is 6.36. The molecule has 0 saturated heterocycles. The maximum atomic E-state index is 12.7. The molecule has 0 amide bonds. The number of hydrogen-bond donors (Lipinski definition) is 0. The Labute approximate surface area is 334 Å². The highest BCUT2D eigenvalue weighted by Gasteiger charge is 2.19. The van der Waals surface area contributed by atoms with Gasteiger partial charge < -0.3 is 14.2 Å². The van der Waals surface area contributed by atoms with Crippen LogP contribution in [0.3, 0.4) is 0 Å². The fraction of sp³-hybridized carbons (Fsp3) is 0.812. The second-order valence-corrected chi connectivity index (χ2v) is 15.3. The predicted octanol–water partition coefficient (Wildman–Crippen LogP) is 14.6. The van der Waals surface area contributed by atoms with Gasteiger partial charge in [-0.15, -0.1) is 0 Å². The molecule has 1 atom stereocenters. The summed E-state index contributed by atoms with van der Waals surface area (Å²) in [6.45, 7) is 6.52. The molecule has 0 fully saturated rings. The van der Waals surface area contributed by atoms with E-state index in [2.05, 4.69) is 57.2 Å². The average Bonchev–Trinajstić information content (AvgIpc) is 3.17. The second-order valence-electron chi connectivity index (χ2n) is 15.3. The molecule has 0 spiro atoms. The van der Waals surface area contributed by atoms with Crippen LogP contribution in [0.25, 0.3) is 0 Å². The lowest BCUT2D eigenvalue weighted by molar-refractivity contribution is -0.167. The summed E-state index contributed by atoms with van der Waals surface area (Å²) >= 11 is 0. The standard InChI is InChI=1S/C48H86O6/c1-4-7-10-13-16-19-21-23-25-26-29-32-35-38-41-47(50)53-44-45(43-52-46(49)40-37-34-31-28-18-15-12-9-6-3)54-48(51)42-39-36-33-30-27-24-22-20-17-14-11-8-5-2/h11,14,20-23,45H,4-10,12-13,15-19,24-44H2,1-3H3/b14-11-,22-20-,23-21-. The molecule has 0 aromatic rings. The van der Waals surface area contributed by atoms with Gasteiger partial charge in [0.1, 0.15) is 13.2 Å². The van der Waals surface area contributed by atoms with E-state index in [-0.39, 0.29) is 31.1 Å². The highest BCUT2D eigenvalue weighted by Crippen LogP contribution is 2.14. The van der Waals surface area contributed by atoms with Crippen LogP contribution >= 0.6 is 0 Å². The van der Waals surface area contributed by atoms with Crippen LogP contribution in [-0.2, 0) is 28.6 Å². The Morgan fingerprint density at radius 2 is 0.704 bits per heavy atom. The number of hydrogen-bond acceptors (Lipinski definition) is 6. The van der Waals surface area contributed by atoms with E-state index < -0.39 is 6.10 Å². The van der Waals surface area contributed by atoms with Crippen molar-refractivity contribution in [3.63, 3.8) is 0 Å². The van der Waals surface area contributed by atoms with Crippen molar-refractivity contribution in [2.24, 2.45) is 0 Å². The Morgan fingerprint density at radius 1 is 0.370 bits per heavy atom. The number of carbonyl (C=O) groups excluding carboxylic acids is 3. The number of esters is 3. The van der Waals surface area contributed by atoms with E-state index >= 15 is 0 Å². The molecule has 0 bridgehead atoms. The molecule has 0 N–H and O–H groups in total. The van der Waals surface area contributed by atoms with Crippen molar-refractivity contribution in [1.29, 1.82) is 0 Å². The lowest BCUT2D eigenvalue weighted by Crippen LogP contribution is -2.30. The molecular formula is C48H86O6. The molecule has 0 heterocycles. The van der Waals surface area contributed by atoms with Crippen molar-refractivity contribution in [1.82, 2.24) is 0 Å². The molecule has 0 aromatic heterocycles. The van der Waals surface area contributed by atoms with Crippen molar-refractivity contribution in [2.75, 3.05) is 13.2 Å². The normalized spacial score (nSPS) is 12.3. The van der Waals surface area contributed by atoms with Crippen molar-refractivity contribution < 1.29 is 28.6 Å². The summed E-state index contributed by atoms with van der Waals surface area (Å²) in [7, 11) is 0. The Morgan fingerprint density at radius 3 is 1.11 bits per heavy atom. The topological polar surface area (TPSA) is 78.9 Å². The summed E-state index contributed by atoms with van der Waals surface area (Å²) in [6, 6.07) is 0. The molecule has 314 valence electrons. The smallest absolute Gasteiger partial charge is 0.306 e. The molecule has 0 radical (unpaired) electrons. The van der Waals surface area contributed by atoms with Crippen LogP contribution in [0.1, 0.15) is 233 Å². The highest BCUT2D eigenvalue weighted by molar-refractivity contribution is 5.71. The molecule has 0 aromatic carbocycles. The average molecular weight is 759 g/mol. The second kappa shape index (κ2) is 43.4. The van der Waals surface area contributed by atoms with Crippen molar-refractivity contribution in [2.45, 2.75) is 239 Å². The molecular weight excluding hydrogens is 673 g/mol. The minimum Gasteiger partial charge on any atom is -0.462 e. The number of allylic oxidation sites excluding steroid dienone is 6. The van der Waals surface area contributed by atoms with Crippen LogP contribution in [0, 0.1) is 0 Å². The maximum absolute atomic E-state index is 12.7. The van der Waals surface area contributed by atoms with E-state index in [1.54, 1.807) is 0 Å². The van der Waals surface area contributed by atoms with E-state index in [9.17, 15) is 14.4 Å². The monoisotopic (exact) mass is 759 g/mol. The van der Waals surface area contributed by atoms with Crippen LogP contribution in [-0.4, -0.2) is 37.2 Å². The number of carbonyl (C=O) groups is 3. The van der Waals surface area contributed by atoms with Crippen LogP contribution in [0.4, 0.5) is 0 Å². The van der Waals surface area contributed by atoms with Gasteiger partial charge in [0, 0.05) is 19.3 Å². The SMILES string of the molecule is CCC/C=C\C/C=C\CCCCCCCC(=O)OC(COC(=O)CCCCCCC/C=C\CCCCCCC)COC(=O)CCCCCCCCCCC. The lowest BCUT2D eigenvalue weighted by atomic mass is 10.1.